The fourth-order valence-corrected chi connectivity index (χ4v) is 1.87. The summed E-state index contributed by atoms with van der Waals surface area (Å²) in [6.07, 6.45) is 0. The second-order valence-electron chi connectivity index (χ2n) is 4.45. The number of hydrogen-bond acceptors (Lipinski definition) is 4. The van der Waals surface area contributed by atoms with Crippen LogP contribution >= 0.6 is 11.6 Å². The van der Waals surface area contributed by atoms with Crippen LogP contribution in [0.2, 0.25) is 5.02 Å². The van der Waals surface area contributed by atoms with Gasteiger partial charge >= 0.3 is 0 Å². The zero-order valence-electron chi connectivity index (χ0n) is 11.6. The number of aryl methyl sites for hydroxylation is 1. The van der Waals surface area contributed by atoms with Gasteiger partial charge in [-0.2, -0.15) is 0 Å². The van der Waals surface area contributed by atoms with Crippen LogP contribution in [0.3, 0.4) is 0 Å². The molecule has 2 rings (SSSR count). The molecule has 0 fully saturated rings. The Morgan fingerprint density at radius 2 is 2.00 bits per heavy atom. The molecule has 1 aromatic heterocycles. The molecule has 0 radical (unpaired) electrons. The van der Waals surface area contributed by atoms with Crippen LogP contribution in [0.25, 0.3) is 0 Å². The monoisotopic (exact) mass is 305 g/mol. The van der Waals surface area contributed by atoms with Gasteiger partial charge in [-0.3, -0.25) is 9.78 Å². The molecular formula is C15H16ClN3O2. The van der Waals surface area contributed by atoms with Gasteiger partial charge in [0.05, 0.1) is 5.69 Å². The highest BCUT2D eigenvalue weighted by molar-refractivity contribution is 6.30. The molecule has 0 atom stereocenters. The third-order valence-corrected chi connectivity index (χ3v) is 3.00. The van der Waals surface area contributed by atoms with E-state index in [2.05, 4.69) is 10.3 Å². The molecule has 2 aromatic rings. The maximum atomic E-state index is 11.8. The molecular weight excluding hydrogens is 290 g/mol. The molecule has 1 amide bonds. The number of nitrogens with one attached hydrogen (secondary N) is 1. The van der Waals surface area contributed by atoms with Crippen molar-refractivity contribution in [1.29, 1.82) is 0 Å². The summed E-state index contributed by atoms with van der Waals surface area (Å²) in [7, 11) is 0. The van der Waals surface area contributed by atoms with E-state index in [1.165, 1.54) is 0 Å². The van der Waals surface area contributed by atoms with Crippen molar-refractivity contribution < 1.29 is 9.53 Å². The number of carbonyl (C=O) groups is 1. The summed E-state index contributed by atoms with van der Waals surface area (Å²) >= 11 is 5.78. The second-order valence-corrected chi connectivity index (χ2v) is 4.88. The van der Waals surface area contributed by atoms with Crippen molar-refractivity contribution in [2.75, 3.05) is 11.9 Å². The van der Waals surface area contributed by atoms with Crippen LogP contribution in [-0.2, 0) is 11.3 Å². The number of carbonyl (C=O) groups excluding carboxylic acids is 1. The van der Waals surface area contributed by atoms with E-state index in [4.69, 9.17) is 22.1 Å². The van der Waals surface area contributed by atoms with E-state index in [0.29, 0.717) is 22.2 Å². The van der Waals surface area contributed by atoms with Gasteiger partial charge in [-0.25, -0.2) is 0 Å². The molecule has 0 aliphatic heterocycles. The highest BCUT2D eigenvalue weighted by Crippen LogP contribution is 2.17. The van der Waals surface area contributed by atoms with Crippen LogP contribution in [0.5, 0.6) is 5.75 Å². The summed E-state index contributed by atoms with van der Waals surface area (Å²) in [6.45, 7) is 2.02. The SMILES string of the molecule is Cc1ccc(OCC(=O)Nc2ccc(Cl)cc2)c(CN)n1. The Morgan fingerprint density at radius 3 is 2.67 bits per heavy atom. The van der Waals surface area contributed by atoms with Crippen molar-refractivity contribution in [3.05, 3.63) is 52.8 Å². The maximum Gasteiger partial charge on any atom is 0.262 e. The van der Waals surface area contributed by atoms with E-state index in [0.717, 1.165) is 5.69 Å². The van der Waals surface area contributed by atoms with Gasteiger partial charge in [0.2, 0.25) is 0 Å². The average Bonchev–Trinajstić information content (AvgIpc) is 2.48. The Morgan fingerprint density at radius 1 is 1.29 bits per heavy atom. The lowest BCUT2D eigenvalue weighted by atomic mass is 10.3. The Kier molecular flexibility index (Phi) is 5.14. The number of amides is 1. The lowest BCUT2D eigenvalue weighted by Crippen LogP contribution is -2.21. The van der Waals surface area contributed by atoms with Gasteiger partial charge in [-0.1, -0.05) is 11.6 Å². The van der Waals surface area contributed by atoms with Crippen LogP contribution in [-0.4, -0.2) is 17.5 Å². The minimum atomic E-state index is -0.263. The Balaban J connectivity index is 1.93. The van der Waals surface area contributed by atoms with Crippen molar-refractivity contribution in [3.8, 4) is 5.75 Å². The van der Waals surface area contributed by atoms with Crippen molar-refractivity contribution in [2.45, 2.75) is 13.5 Å². The molecule has 5 nitrogen and oxygen atoms in total. The number of anilines is 1. The standard InChI is InChI=1S/C15H16ClN3O2/c1-10-2-7-14(13(8-17)18-10)21-9-15(20)19-12-5-3-11(16)4-6-12/h2-7H,8-9,17H2,1H3,(H,19,20). The summed E-state index contributed by atoms with van der Waals surface area (Å²) in [5, 5.41) is 3.33. The molecule has 0 saturated carbocycles. The first-order chi connectivity index (χ1) is 10.1. The minimum absolute atomic E-state index is 0.111. The fraction of sp³-hybridized carbons (Fsp3) is 0.200. The van der Waals surface area contributed by atoms with Crippen LogP contribution in [0.4, 0.5) is 5.69 Å². The van der Waals surface area contributed by atoms with E-state index in [1.54, 1.807) is 30.3 Å². The molecule has 1 heterocycles. The number of nitrogens with zero attached hydrogens (tertiary/aromatic N) is 1. The third-order valence-electron chi connectivity index (χ3n) is 2.75. The largest absolute Gasteiger partial charge is 0.482 e. The molecule has 3 N–H and O–H groups in total. The Hall–Kier alpha value is -2.11. The zero-order chi connectivity index (χ0) is 15.2. The first kappa shape index (κ1) is 15.3. The maximum absolute atomic E-state index is 11.8. The predicted molar refractivity (Wildman–Crippen MR) is 82.4 cm³/mol. The molecule has 110 valence electrons. The van der Waals surface area contributed by atoms with Crippen molar-refractivity contribution in [3.63, 3.8) is 0 Å². The first-order valence-corrected chi connectivity index (χ1v) is 6.81. The van der Waals surface area contributed by atoms with Crippen molar-refractivity contribution >= 4 is 23.2 Å². The van der Waals surface area contributed by atoms with Crippen LogP contribution in [0, 0.1) is 6.92 Å². The molecule has 0 saturated heterocycles. The van der Waals surface area contributed by atoms with Crippen LogP contribution in [0.1, 0.15) is 11.4 Å². The smallest absolute Gasteiger partial charge is 0.262 e. The average molecular weight is 306 g/mol. The third kappa shape index (κ3) is 4.44. The number of halogens is 1. The molecule has 0 aliphatic rings. The minimum Gasteiger partial charge on any atom is -0.482 e. The van der Waals surface area contributed by atoms with Gasteiger partial charge in [-0.15, -0.1) is 0 Å². The fourth-order valence-electron chi connectivity index (χ4n) is 1.75. The van der Waals surface area contributed by atoms with Crippen molar-refractivity contribution in [2.24, 2.45) is 5.73 Å². The highest BCUT2D eigenvalue weighted by Gasteiger charge is 2.08. The van der Waals surface area contributed by atoms with Crippen LogP contribution in [0.15, 0.2) is 36.4 Å². The summed E-state index contributed by atoms with van der Waals surface area (Å²) in [5.74, 6) is 0.259. The number of ether oxygens (including phenoxy) is 1. The number of hydrogen-bond donors (Lipinski definition) is 2. The van der Waals surface area contributed by atoms with Gasteiger partial charge in [-0.05, 0) is 43.3 Å². The summed E-state index contributed by atoms with van der Waals surface area (Å²) < 4.78 is 5.46. The van der Waals surface area contributed by atoms with E-state index < -0.39 is 0 Å². The van der Waals surface area contributed by atoms with Gasteiger partial charge in [0.15, 0.2) is 6.61 Å². The summed E-state index contributed by atoms with van der Waals surface area (Å²) in [6, 6.07) is 10.4. The summed E-state index contributed by atoms with van der Waals surface area (Å²) in [5.41, 5.74) is 7.76. The molecule has 0 spiro atoms. The van der Waals surface area contributed by atoms with E-state index in [1.807, 2.05) is 13.0 Å². The van der Waals surface area contributed by atoms with Crippen LogP contribution < -0.4 is 15.8 Å². The normalized spacial score (nSPS) is 10.2. The highest BCUT2D eigenvalue weighted by atomic mass is 35.5. The zero-order valence-corrected chi connectivity index (χ0v) is 12.4. The molecule has 0 unspecified atom stereocenters. The topological polar surface area (TPSA) is 77.2 Å². The first-order valence-electron chi connectivity index (χ1n) is 6.43. The lowest BCUT2D eigenvalue weighted by Gasteiger charge is -2.10. The second kappa shape index (κ2) is 7.06. The molecule has 0 aliphatic carbocycles. The number of rotatable bonds is 5. The van der Waals surface area contributed by atoms with Gasteiger partial charge in [0.25, 0.3) is 5.91 Å². The Labute approximate surface area is 128 Å². The molecule has 21 heavy (non-hydrogen) atoms. The molecule has 6 heteroatoms. The number of pyridine rings is 1. The van der Waals surface area contributed by atoms with E-state index >= 15 is 0 Å². The van der Waals surface area contributed by atoms with Gasteiger partial charge in [0.1, 0.15) is 5.75 Å². The molecule has 0 bridgehead atoms. The Bertz CT molecular complexity index is 629. The quantitative estimate of drug-likeness (QED) is 0.890. The van der Waals surface area contributed by atoms with E-state index in [9.17, 15) is 4.79 Å². The number of aromatic nitrogens is 1. The van der Waals surface area contributed by atoms with Gasteiger partial charge in [0, 0.05) is 22.9 Å². The number of nitrogens with two attached hydrogens (primary N) is 1. The van der Waals surface area contributed by atoms with E-state index in [-0.39, 0.29) is 19.1 Å². The lowest BCUT2D eigenvalue weighted by molar-refractivity contribution is -0.118. The summed E-state index contributed by atoms with van der Waals surface area (Å²) in [4.78, 5) is 16.1. The van der Waals surface area contributed by atoms with Crippen molar-refractivity contribution in [1.82, 2.24) is 4.98 Å². The predicted octanol–water partition coefficient (Wildman–Crippen LogP) is 2.52. The molecule has 1 aromatic carbocycles. The van der Waals surface area contributed by atoms with Gasteiger partial charge < -0.3 is 15.8 Å². The number of benzene rings is 1.